The van der Waals surface area contributed by atoms with Crippen LogP contribution in [-0.4, -0.2) is 75.9 Å². The van der Waals surface area contributed by atoms with Crippen molar-refractivity contribution >= 4 is 34.3 Å². The molecule has 6 fully saturated rings. The van der Waals surface area contributed by atoms with Gasteiger partial charge in [-0.25, -0.2) is 9.78 Å². The molecule has 8 atom stereocenters. The largest absolute Gasteiger partial charge is 0.460 e. The van der Waals surface area contributed by atoms with Gasteiger partial charge in [-0.15, -0.1) is 0 Å². The van der Waals surface area contributed by atoms with Crippen LogP contribution in [0.4, 0.5) is 0 Å². The van der Waals surface area contributed by atoms with Gasteiger partial charge in [0.1, 0.15) is 17.2 Å². The molecule has 8 nitrogen and oxygen atoms in total. The third-order valence-electron chi connectivity index (χ3n) is 9.61. The van der Waals surface area contributed by atoms with Crippen LogP contribution in [0.5, 0.6) is 0 Å². The summed E-state index contributed by atoms with van der Waals surface area (Å²) in [5.41, 5.74) is 0.451. The number of carbonyl (C=O) groups excluding carboxylic acids is 1. The van der Waals surface area contributed by atoms with Crippen molar-refractivity contribution in [1.82, 2.24) is 9.80 Å². The minimum absolute atomic E-state index is 0.0393. The quantitative estimate of drug-likeness (QED) is 0.283. The smallest absolute Gasteiger partial charge is 0.316 e. The molecular weight excluding hydrogens is 536 g/mol. The summed E-state index contributed by atoms with van der Waals surface area (Å²) in [5.74, 6) is 0.756. The van der Waals surface area contributed by atoms with Crippen LogP contribution in [0.2, 0.25) is 0 Å². The summed E-state index contributed by atoms with van der Waals surface area (Å²) in [6.45, 7) is 10.2. The lowest BCUT2D eigenvalue weighted by atomic mass is 9.58. The first-order chi connectivity index (χ1) is 18.8. The first kappa shape index (κ1) is 27.9. The number of hydrogen-bond acceptors (Lipinski definition) is 9. The molecule has 10 heteroatoms. The average Bonchev–Trinajstić information content (AvgIpc) is 3.19. The van der Waals surface area contributed by atoms with Crippen molar-refractivity contribution in [2.75, 3.05) is 31.9 Å². The van der Waals surface area contributed by atoms with Crippen molar-refractivity contribution in [3.05, 3.63) is 35.9 Å². The molecule has 0 aromatic heterocycles. The lowest BCUT2D eigenvalue weighted by molar-refractivity contribution is -0.574. The van der Waals surface area contributed by atoms with Crippen LogP contribution in [0.1, 0.15) is 52.0 Å². The number of ether oxygens (including phenoxy) is 3. The fourth-order valence-electron chi connectivity index (χ4n) is 7.45. The number of piperazine rings is 1. The minimum Gasteiger partial charge on any atom is -0.460 e. The second-order valence-corrected chi connectivity index (χ2v) is 13.6. The molecule has 5 aliphatic heterocycles. The minimum atomic E-state index is -0.757. The van der Waals surface area contributed by atoms with Gasteiger partial charge in [0.05, 0.1) is 5.75 Å². The summed E-state index contributed by atoms with van der Waals surface area (Å²) >= 11 is 7.06. The maximum atomic E-state index is 12.2. The molecule has 0 unspecified atom stereocenters. The molecule has 214 valence electrons. The molecule has 0 N–H and O–H groups in total. The molecule has 1 aromatic rings. The van der Waals surface area contributed by atoms with E-state index in [4.69, 9.17) is 36.2 Å². The Morgan fingerprint density at radius 3 is 2.62 bits per heavy atom. The summed E-state index contributed by atoms with van der Waals surface area (Å²) < 4.78 is 19.5. The van der Waals surface area contributed by atoms with Crippen LogP contribution < -0.4 is 0 Å². The number of esters is 1. The van der Waals surface area contributed by atoms with Gasteiger partial charge in [-0.2, -0.15) is 0 Å². The maximum absolute atomic E-state index is 12.2. The van der Waals surface area contributed by atoms with E-state index in [2.05, 4.69) is 23.6 Å². The van der Waals surface area contributed by atoms with E-state index in [1.165, 1.54) is 18.2 Å². The number of fused-ring (bicyclic) bond motifs is 2. The monoisotopic (exact) mass is 576 g/mol. The topological polar surface area (TPSA) is 69.7 Å². The third kappa shape index (κ3) is 5.27. The lowest BCUT2D eigenvalue weighted by Crippen LogP contribution is -2.72. The zero-order chi connectivity index (χ0) is 27.2. The van der Waals surface area contributed by atoms with Gasteiger partial charge in [-0.3, -0.25) is 9.69 Å². The average molecular weight is 577 g/mol. The lowest BCUT2D eigenvalue weighted by Gasteiger charge is -2.61. The molecule has 39 heavy (non-hydrogen) atoms. The Morgan fingerprint density at radius 1 is 1.08 bits per heavy atom. The van der Waals surface area contributed by atoms with Gasteiger partial charge < -0.3 is 19.1 Å². The number of benzene rings is 1. The van der Waals surface area contributed by atoms with Crippen molar-refractivity contribution in [2.45, 2.75) is 77.0 Å². The summed E-state index contributed by atoms with van der Waals surface area (Å²) in [4.78, 5) is 29.1. The summed E-state index contributed by atoms with van der Waals surface area (Å²) in [5, 5.41) is 0. The van der Waals surface area contributed by atoms with Gasteiger partial charge in [0.15, 0.2) is 11.9 Å². The molecule has 1 saturated carbocycles. The SMILES string of the molecule is C[C@H]1[C@H](N2CCN(C(=S)SCC(=O)OCc3ccccc3)CC2)O[C@@H]2O[C@@]3(C)CC[C@H]4[C@H](C)CC[C@@H]1[C@@]24OO3. The van der Waals surface area contributed by atoms with Crippen molar-refractivity contribution in [3.8, 4) is 0 Å². The fraction of sp³-hybridized carbons (Fsp3) is 0.724. The second kappa shape index (κ2) is 11.2. The number of thiocarbonyl (C=S) groups is 1. The molecule has 7 rings (SSSR count). The van der Waals surface area contributed by atoms with Gasteiger partial charge in [0.2, 0.25) is 5.79 Å². The van der Waals surface area contributed by atoms with Gasteiger partial charge in [-0.05, 0) is 43.6 Å². The van der Waals surface area contributed by atoms with E-state index in [0.717, 1.165) is 55.3 Å². The highest BCUT2D eigenvalue weighted by atomic mass is 32.2. The summed E-state index contributed by atoms with van der Waals surface area (Å²) in [6.07, 6.45) is 3.70. The number of rotatable bonds is 5. The van der Waals surface area contributed by atoms with E-state index in [-0.39, 0.29) is 30.5 Å². The zero-order valence-corrected chi connectivity index (χ0v) is 24.7. The van der Waals surface area contributed by atoms with E-state index in [0.29, 0.717) is 17.8 Å². The first-order valence-corrected chi connectivity index (χ1v) is 15.7. The zero-order valence-electron chi connectivity index (χ0n) is 23.1. The molecule has 5 heterocycles. The molecule has 0 amide bonds. The van der Waals surface area contributed by atoms with Crippen LogP contribution >= 0.6 is 24.0 Å². The van der Waals surface area contributed by atoms with Crippen LogP contribution in [0, 0.1) is 23.7 Å². The Bertz CT molecular complexity index is 1060. The van der Waals surface area contributed by atoms with Gasteiger partial charge >= 0.3 is 5.97 Å². The Hall–Kier alpha value is -1.27. The molecule has 1 aliphatic carbocycles. The number of carbonyl (C=O) groups is 1. The molecule has 2 bridgehead atoms. The predicted octanol–water partition coefficient (Wildman–Crippen LogP) is 4.57. The molecular formula is C29H40N2O6S2. The number of hydrogen-bond donors (Lipinski definition) is 0. The van der Waals surface area contributed by atoms with Crippen LogP contribution in [-0.2, 0) is 35.4 Å². The molecule has 6 aliphatic rings. The predicted molar refractivity (Wildman–Crippen MR) is 151 cm³/mol. The number of thioether (sulfide) groups is 1. The number of nitrogens with zero attached hydrogens (tertiary/aromatic N) is 2. The van der Waals surface area contributed by atoms with Crippen molar-refractivity contribution < 1.29 is 28.8 Å². The maximum Gasteiger partial charge on any atom is 0.316 e. The van der Waals surface area contributed by atoms with E-state index in [9.17, 15) is 4.79 Å². The molecule has 5 saturated heterocycles. The summed E-state index contributed by atoms with van der Waals surface area (Å²) in [6, 6.07) is 9.71. The van der Waals surface area contributed by atoms with Crippen LogP contribution in [0.15, 0.2) is 30.3 Å². The van der Waals surface area contributed by atoms with E-state index < -0.39 is 17.7 Å². The third-order valence-corrected chi connectivity index (χ3v) is 11.1. The molecule has 1 spiro atoms. The fourth-order valence-corrected chi connectivity index (χ4v) is 8.50. The summed E-state index contributed by atoms with van der Waals surface area (Å²) in [7, 11) is 0. The van der Waals surface area contributed by atoms with E-state index in [1.54, 1.807) is 0 Å². The molecule has 0 radical (unpaired) electrons. The first-order valence-electron chi connectivity index (χ1n) is 14.3. The highest BCUT2D eigenvalue weighted by Gasteiger charge is 2.69. The Kier molecular flexibility index (Phi) is 8.00. The van der Waals surface area contributed by atoms with Crippen LogP contribution in [0.25, 0.3) is 0 Å². The van der Waals surface area contributed by atoms with Crippen molar-refractivity contribution in [1.29, 1.82) is 0 Å². The molecule has 1 aromatic carbocycles. The normalized spacial score (nSPS) is 40.0. The Morgan fingerprint density at radius 2 is 1.85 bits per heavy atom. The van der Waals surface area contributed by atoms with Gasteiger partial charge in [0.25, 0.3) is 0 Å². The Labute approximate surface area is 240 Å². The highest BCUT2D eigenvalue weighted by molar-refractivity contribution is 8.23. The standard InChI is InChI=1S/C29H40N2O6S2/c1-19-9-10-23-20(2)25(34-26-29(23)22(19)11-12-28(3,35-26)36-37-29)30-13-15-31(16-14-30)27(38)39-18-24(32)33-17-21-7-5-4-6-8-21/h4-8,19-20,22-23,25-26H,9-18H2,1-3H3/t19-,20-,22+,23+,25-,26-,28-,29-/m1/s1. The van der Waals surface area contributed by atoms with Gasteiger partial charge in [0, 0.05) is 44.4 Å². The van der Waals surface area contributed by atoms with Crippen LogP contribution in [0.3, 0.4) is 0 Å². The Balaban J connectivity index is 1.03. The highest BCUT2D eigenvalue weighted by Crippen LogP contribution is 2.60. The van der Waals surface area contributed by atoms with Crippen molar-refractivity contribution in [3.63, 3.8) is 0 Å². The van der Waals surface area contributed by atoms with Crippen molar-refractivity contribution in [2.24, 2.45) is 23.7 Å². The second-order valence-electron chi connectivity index (χ2n) is 12.0. The van der Waals surface area contributed by atoms with E-state index in [1.807, 2.05) is 37.3 Å². The van der Waals surface area contributed by atoms with Gasteiger partial charge in [-0.1, -0.05) is 68.2 Å². The van der Waals surface area contributed by atoms with E-state index >= 15 is 0 Å².